The van der Waals surface area contributed by atoms with Crippen LogP contribution in [0.15, 0.2) is 23.4 Å². The number of anilines is 1. The van der Waals surface area contributed by atoms with Crippen molar-refractivity contribution in [2.75, 3.05) is 31.5 Å². The van der Waals surface area contributed by atoms with Crippen LogP contribution in [0.3, 0.4) is 0 Å². The van der Waals surface area contributed by atoms with Gasteiger partial charge in [-0.3, -0.25) is 10.4 Å². The molecule has 0 spiro atoms. The summed E-state index contributed by atoms with van der Waals surface area (Å²) in [6.07, 6.45) is 2.63. The van der Waals surface area contributed by atoms with Gasteiger partial charge in [-0.15, -0.1) is 0 Å². The van der Waals surface area contributed by atoms with E-state index in [9.17, 15) is 0 Å². The van der Waals surface area contributed by atoms with E-state index in [1.165, 1.54) is 0 Å². The first-order chi connectivity index (χ1) is 10.3. The van der Waals surface area contributed by atoms with Crippen LogP contribution in [0.5, 0.6) is 0 Å². The Bertz CT molecular complexity index is 558. The molecule has 3 N–H and O–H groups in total. The van der Waals surface area contributed by atoms with Crippen molar-refractivity contribution in [3.8, 4) is 0 Å². The molecule has 1 aromatic rings. The minimum absolute atomic E-state index is 0.386. The topological polar surface area (TPSA) is 64.6 Å². The maximum atomic E-state index is 5.46. The van der Waals surface area contributed by atoms with Crippen LogP contribution in [0.2, 0.25) is 0 Å². The maximum absolute atomic E-state index is 5.46. The number of aromatic nitrogens is 1. The first-order valence-corrected chi connectivity index (χ1v) is 7.69. The molecule has 0 saturated carbocycles. The van der Waals surface area contributed by atoms with Crippen LogP contribution < -0.4 is 16.1 Å². The zero-order valence-corrected chi connectivity index (χ0v) is 12.9. The Morgan fingerprint density at radius 3 is 3.29 bits per heavy atom. The normalized spacial score (nSPS) is 23.4. The number of fused-ring (bicyclic) bond motifs is 1. The summed E-state index contributed by atoms with van der Waals surface area (Å²) in [5.41, 5.74) is 5.94. The fraction of sp³-hybridized carbons (Fsp3) is 0.500. The maximum Gasteiger partial charge on any atom is 0.189 e. The van der Waals surface area contributed by atoms with Crippen molar-refractivity contribution in [1.82, 2.24) is 20.6 Å². The molecule has 0 aliphatic carbocycles. The number of pyridine rings is 1. The van der Waals surface area contributed by atoms with Crippen molar-refractivity contribution in [2.24, 2.45) is 5.10 Å². The zero-order chi connectivity index (χ0) is 14.7. The van der Waals surface area contributed by atoms with E-state index in [1.54, 1.807) is 6.20 Å². The van der Waals surface area contributed by atoms with Gasteiger partial charge in [-0.1, -0.05) is 0 Å². The van der Waals surface area contributed by atoms with Gasteiger partial charge in [0.15, 0.2) is 5.11 Å². The van der Waals surface area contributed by atoms with Crippen molar-refractivity contribution >= 4 is 28.7 Å². The summed E-state index contributed by atoms with van der Waals surface area (Å²) in [6.45, 7) is 5.85. The van der Waals surface area contributed by atoms with Crippen molar-refractivity contribution in [3.63, 3.8) is 0 Å². The second-order valence-corrected chi connectivity index (χ2v) is 5.69. The molecule has 0 radical (unpaired) electrons. The number of thiocarbonyl (C=S) groups is 1. The van der Waals surface area contributed by atoms with E-state index in [1.807, 2.05) is 12.1 Å². The number of nitrogens with one attached hydrogen (secondary N) is 3. The van der Waals surface area contributed by atoms with E-state index in [0.717, 1.165) is 49.7 Å². The van der Waals surface area contributed by atoms with Gasteiger partial charge in [0.2, 0.25) is 0 Å². The molecule has 1 fully saturated rings. The summed E-state index contributed by atoms with van der Waals surface area (Å²) >= 11 is 5.46. The second kappa shape index (κ2) is 6.36. The monoisotopic (exact) mass is 304 g/mol. The van der Waals surface area contributed by atoms with Gasteiger partial charge in [0.1, 0.15) is 5.69 Å². The van der Waals surface area contributed by atoms with E-state index in [2.05, 4.69) is 38.0 Å². The third-order valence-electron chi connectivity index (χ3n) is 3.81. The first-order valence-electron chi connectivity index (χ1n) is 7.29. The summed E-state index contributed by atoms with van der Waals surface area (Å²) in [5, 5.41) is 11.9. The smallest absolute Gasteiger partial charge is 0.189 e. The summed E-state index contributed by atoms with van der Waals surface area (Å²) in [6, 6.07) is 4.33. The Morgan fingerprint density at radius 1 is 1.52 bits per heavy atom. The van der Waals surface area contributed by atoms with E-state index >= 15 is 0 Å². The lowest BCUT2D eigenvalue weighted by Crippen LogP contribution is -2.54. The minimum atomic E-state index is 0.386. The third kappa shape index (κ3) is 3.14. The third-order valence-corrected chi connectivity index (χ3v) is 4.13. The molecule has 1 saturated heterocycles. The highest BCUT2D eigenvalue weighted by molar-refractivity contribution is 7.80. The highest BCUT2D eigenvalue weighted by atomic mass is 32.1. The lowest BCUT2D eigenvalue weighted by molar-refractivity contribution is 0.271. The Kier molecular flexibility index (Phi) is 4.31. The van der Waals surface area contributed by atoms with Crippen LogP contribution >= 0.6 is 12.2 Å². The molecule has 2 aliphatic heterocycles. The molecule has 0 bridgehead atoms. The molecule has 2 aliphatic rings. The highest BCUT2D eigenvalue weighted by Crippen LogP contribution is 2.19. The SMILES string of the molecule is CC1CNCCN1C(=S)N/N=C1/CCNc2cccnc21. The Hall–Kier alpha value is -1.73. The molecule has 0 aromatic carbocycles. The molecule has 3 heterocycles. The molecule has 3 rings (SSSR count). The van der Waals surface area contributed by atoms with Crippen LogP contribution in [0.4, 0.5) is 5.69 Å². The average molecular weight is 304 g/mol. The number of hydrazone groups is 1. The van der Waals surface area contributed by atoms with Crippen LogP contribution in [-0.4, -0.2) is 52.9 Å². The molecule has 1 aromatic heterocycles. The fourth-order valence-corrected chi connectivity index (χ4v) is 2.96. The summed E-state index contributed by atoms with van der Waals surface area (Å²) in [5.74, 6) is 0. The average Bonchev–Trinajstić information content (AvgIpc) is 2.53. The molecule has 21 heavy (non-hydrogen) atoms. The van der Waals surface area contributed by atoms with Gasteiger partial charge in [-0.25, -0.2) is 0 Å². The number of nitrogens with zero attached hydrogens (tertiary/aromatic N) is 3. The van der Waals surface area contributed by atoms with Crippen molar-refractivity contribution in [2.45, 2.75) is 19.4 Å². The Morgan fingerprint density at radius 2 is 2.43 bits per heavy atom. The first kappa shape index (κ1) is 14.2. The Labute approximate surface area is 130 Å². The van der Waals surface area contributed by atoms with Gasteiger partial charge in [0, 0.05) is 44.8 Å². The quantitative estimate of drug-likeness (QED) is 0.526. The van der Waals surface area contributed by atoms with Crippen LogP contribution in [0.25, 0.3) is 0 Å². The van der Waals surface area contributed by atoms with Gasteiger partial charge in [-0.05, 0) is 31.3 Å². The van der Waals surface area contributed by atoms with Crippen LogP contribution in [0.1, 0.15) is 19.0 Å². The van der Waals surface area contributed by atoms with Gasteiger partial charge in [-0.2, -0.15) is 5.10 Å². The predicted octanol–water partition coefficient (Wildman–Crippen LogP) is 0.769. The van der Waals surface area contributed by atoms with Crippen molar-refractivity contribution in [3.05, 3.63) is 24.0 Å². The van der Waals surface area contributed by atoms with E-state index in [0.29, 0.717) is 11.2 Å². The standard InChI is InChI=1S/C14H20N6S/c1-10-9-15-7-8-20(10)14(21)19-18-12-4-6-16-11-3-2-5-17-13(11)12/h2-3,5,10,15-16H,4,6-9H2,1H3,(H,19,21)/b18-12-. The summed E-state index contributed by atoms with van der Waals surface area (Å²) in [7, 11) is 0. The highest BCUT2D eigenvalue weighted by Gasteiger charge is 2.21. The largest absolute Gasteiger partial charge is 0.383 e. The molecule has 112 valence electrons. The van der Waals surface area contributed by atoms with E-state index in [-0.39, 0.29) is 0 Å². The molecule has 1 unspecified atom stereocenters. The van der Waals surface area contributed by atoms with Crippen LogP contribution in [0, 0.1) is 0 Å². The fourth-order valence-electron chi connectivity index (χ4n) is 2.64. The van der Waals surface area contributed by atoms with Gasteiger partial charge in [0.25, 0.3) is 0 Å². The van der Waals surface area contributed by atoms with Crippen molar-refractivity contribution in [1.29, 1.82) is 0 Å². The van der Waals surface area contributed by atoms with Crippen molar-refractivity contribution < 1.29 is 0 Å². The van der Waals surface area contributed by atoms with Gasteiger partial charge in [0.05, 0.1) is 11.4 Å². The molecule has 7 heteroatoms. The lowest BCUT2D eigenvalue weighted by Gasteiger charge is -2.35. The number of hydrogen-bond donors (Lipinski definition) is 3. The summed E-state index contributed by atoms with van der Waals surface area (Å²) in [4.78, 5) is 6.58. The molecule has 0 amide bonds. The summed E-state index contributed by atoms with van der Waals surface area (Å²) < 4.78 is 0. The number of rotatable bonds is 1. The molecule has 6 nitrogen and oxygen atoms in total. The second-order valence-electron chi connectivity index (χ2n) is 5.30. The lowest BCUT2D eigenvalue weighted by atomic mass is 10.1. The molecular weight excluding hydrogens is 284 g/mol. The Balaban J connectivity index is 1.70. The number of piperazine rings is 1. The molecule has 1 atom stereocenters. The molecular formula is C14H20N6S. The minimum Gasteiger partial charge on any atom is -0.383 e. The van der Waals surface area contributed by atoms with Gasteiger partial charge >= 0.3 is 0 Å². The van der Waals surface area contributed by atoms with Crippen LogP contribution in [-0.2, 0) is 0 Å². The zero-order valence-electron chi connectivity index (χ0n) is 12.1. The number of hydrogen-bond acceptors (Lipinski definition) is 5. The van der Waals surface area contributed by atoms with E-state index in [4.69, 9.17) is 12.2 Å². The van der Waals surface area contributed by atoms with Gasteiger partial charge < -0.3 is 15.5 Å². The van der Waals surface area contributed by atoms with E-state index < -0.39 is 0 Å². The predicted molar refractivity (Wildman–Crippen MR) is 88.7 cm³/mol.